The van der Waals surface area contributed by atoms with Gasteiger partial charge in [0.2, 0.25) is 5.91 Å². The Hall–Kier alpha value is -1.59. The molecule has 0 saturated carbocycles. The van der Waals surface area contributed by atoms with Crippen LogP contribution in [0.25, 0.3) is 0 Å². The van der Waals surface area contributed by atoms with Crippen LogP contribution in [-0.2, 0) is 4.79 Å². The molecule has 0 aliphatic carbocycles. The number of amides is 1. The molecule has 1 aromatic rings. The molecule has 2 rings (SSSR count). The molecule has 1 saturated heterocycles. The van der Waals surface area contributed by atoms with Crippen molar-refractivity contribution in [2.24, 2.45) is 11.7 Å². The topological polar surface area (TPSA) is 67.6 Å². The predicted octanol–water partition coefficient (Wildman–Crippen LogP) is 0.913. The van der Waals surface area contributed by atoms with E-state index in [1.54, 1.807) is 7.11 Å². The van der Waals surface area contributed by atoms with Crippen molar-refractivity contribution in [3.63, 3.8) is 0 Å². The van der Waals surface area contributed by atoms with Gasteiger partial charge < -0.3 is 15.8 Å². The number of nitrogens with zero attached hydrogens (tertiary/aromatic N) is 1. The van der Waals surface area contributed by atoms with Crippen LogP contribution in [0, 0.1) is 5.92 Å². The van der Waals surface area contributed by atoms with E-state index in [0.29, 0.717) is 23.9 Å². The maximum absolute atomic E-state index is 12.0. The summed E-state index contributed by atoms with van der Waals surface area (Å²) < 4.78 is 5.20. The fourth-order valence-corrected chi connectivity index (χ4v) is 2.37. The van der Waals surface area contributed by atoms with Gasteiger partial charge in [-0.15, -0.1) is 0 Å². The summed E-state index contributed by atoms with van der Waals surface area (Å²) in [7, 11) is 1.59. The summed E-state index contributed by atoms with van der Waals surface area (Å²) >= 11 is 0. The fourth-order valence-electron chi connectivity index (χ4n) is 2.37. The standard InChI is InChI=1S/C14H21N3O2/c1-10-7-17(8-11(10)15)9-14(18)16-12-5-3-4-6-13(12)19-2/h3-6,10-11H,7-9,15H2,1-2H3,(H,16,18). The Morgan fingerprint density at radius 1 is 1.47 bits per heavy atom. The summed E-state index contributed by atoms with van der Waals surface area (Å²) in [6, 6.07) is 7.55. The van der Waals surface area contributed by atoms with Gasteiger partial charge in [-0.1, -0.05) is 19.1 Å². The van der Waals surface area contributed by atoms with Crippen LogP contribution >= 0.6 is 0 Å². The van der Waals surface area contributed by atoms with Crippen LogP contribution in [0.1, 0.15) is 6.92 Å². The van der Waals surface area contributed by atoms with E-state index in [2.05, 4.69) is 17.1 Å². The lowest BCUT2D eigenvalue weighted by molar-refractivity contribution is -0.117. The zero-order chi connectivity index (χ0) is 13.8. The van der Waals surface area contributed by atoms with E-state index in [4.69, 9.17) is 10.5 Å². The number of carbonyl (C=O) groups excluding carboxylic acids is 1. The third kappa shape index (κ3) is 3.45. The van der Waals surface area contributed by atoms with Crippen molar-refractivity contribution in [1.29, 1.82) is 0 Å². The van der Waals surface area contributed by atoms with Gasteiger partial charge >= 0.3 is 0 Å². The number of nitrogens with two attached hydrogens (primary N) is 1. The number of hydrogen-bond acceptors (Lipinski definition) is 4. The number of rotatable bonds is 4. The maximum atomic E-state index is 12.0. The number of likely N-dealkylation sites (tertiary alicyclic amines) is 1. The Bertz CT molecular complexity index is 440. The van der Waals surface area contributed by atoms with Crippen molar-refractivity contribution in [2.45, 2.75) is 13.0 Å². The first-order valence-electron chi connectivity index (χ1n) is 6.51. The summed E-state index contributed by atoms with van der Waals surface area (Å²) in [4.78, 5) is 14.1. The zero-order valence-electron chi connectivity index (χ0n) is 11.4. The summed E-state index contributed by atoms with van der Waals surface area (Å²) in [5.41, 5.74) is 6.65. The second-order valence-electron chi connectivity index (χ2n) is 5.08. The van der Waals surface area contributed by atoms with Gasteiger partial charge in [-0.3, -0.25) is 9.69 Å². The first-order valence-corrected chi connectivity index (χ1v) is 6.51. The molecule has 0 radical (unpaired) electrons. The molecule has 2 unspecified atom stereocenters. The van der Waals surface area contributed by atoms with Crippen molar-refractivity contribution >= 4 is 11.6 Å². The molecule has 1 fully saturated rings. The Kier molecular flexibility index (Phi) is 4.39. The first-order chi connectivity index (χ1) is 9.10. The largest absolute Gasteiger partial charge is 0.495 e. The Labute approximate surface area is 113 Å². The van der Waals surface area contributed by atoms with Crippen molar-refractivity contribution in [3.05, 3.63) is 24.3 Å². The molecule has 1 aliphatic rings. The van der Waals surface area contributed by atoms with Crippen LogP contribution in [-0.4, -0.2) is 43.6 Å². The van der Waals surface area contributed by atoms with E-state index in [1.165, 1.54) is 0 Å². The lowest BCUT2D eigenvalue weighted by atomic mass is 10.1. The van der Waals surface area contributed by atoms with Crippen LogP contribution in [0.5, 0.6) is 5.75 Å². The molecular formula is C14H21N3O2. The number of carbonyl (C=O) groups is 1. The lowest BCUT2D eigenvalue weighted by Crippen LogP contribution is -2.33. The van der Waals surface area contributed by atoms with E-state index in [1.807, 2.05) is 24.3 Å². The van der Waals surface area contributed by atoms with E-state index in [0.717, 1.165) is 13.1 Å². The van der Waals surface area contributed by atoms with E-state index in [-0.39, 0.29) is 11.9 Å². The summed E-state index contributed by atoms with van der Waals surface area (Å²) in [5.74, 6) is 1.08. The molecule has 1 aliphatic heterocycles. The van der Waals surface area contributed by atoms with Crippen molar-refractivity contribution in [3.8, 4) is 5.75 Å². The minimum atomic E-state index is -0.0363. The zero-order valence-corrected chi connectivity index (χ0v) is 11.4. The molecule has 0 aromatic heterocycles. The van der Waals surface area contributed by atoms with Gasteiger partial charge in [0, 0.05) is 19.1 Å². The molecule has 1 heterocycles. The maximum Gasteiger partial charge on any atom is 0.238 e. The number of ether oxygens (including phenoxy) is 1. The van der Waals surface area contributed by atoms with E-state index in [9.17, 15) is 4.79 Å². The molecule has 5 nitrogen and oxygen atoms in total. The molecular weight excluding hydrogens is 242 g/mol. The molecule has 104 valence electrons. The molecule has 2 atom stereocenters. The molecule has 3 N–H and O–H groups in total. The average molecular weight is 263 g/mol. The van der Waals surface area contributed by atoms with E-state index < -0.39 is 0 Å². The van der Waals surface area contributed by atoms with Crippen LogP contribution in [0.3, 0.4) is 0 Å². The van der Waals surface area contributed by atoms with Gasteiger partial charge in [-0.25, -0.2) is 0 Å². The van der Waals surface area contributed by atoms with Crippen LogP contribution in [0.4, 0.5) is 5.69 Å². The lowest BCUT2D eigenvalue weighted by Gasteiger charge is -2.15. The summed E-state index contributed by atoms with van der Waals surface area (Å²) in [5, 5.41) is 2.87. The SMILES string of the molecule is COc1ccccc1NC(=O)CN1CC(C)C(N)C1. The van der Waals surface area contributed by atoms with Gasteiger partial charge in [-0.05, 0) is 18.1 Å². The van der Waals surface area contributed by atoms with Gasteiger partial charge in [0.1, 0.15) is 5.75 Å². The minimum Gasteiger partial charge on any atom is -0.495 e. The Balaban J connectivity index is 1.91. The van der Waals surface area contributed by atoms with Crippen molar-refractivity contribution in [1.82, 2.24) is 4.90 Å². The highest BCUT2D eigenvalue weighted by Gasteiger charge is 2.27. The van der Waals surface area contributed by atoms with Crippen LogP contribution in [0.15, 0.2) is 24.3 Å². The molecule has 1 amide bonds. The van der Waals surface area contributed by atoms with Crippen LogP contribution < -0.4 is 15.8 Å². The molecule has 1 aromatic carbocycles. The number of benzene rings is 1. The number of methoxy groups -OCH3 is 1. The van der Waals surface area contributed by atoms with Gasteiger partial charge in [-0.2, -0.15) is 0 Å². The predicted molar refractivity (Wildman–Crippen MR) is 75.2 cm³/mol. The van der Waals surface area contributed by atoms with E-state index >= 15 is 0 Å². The molecule has 0 bridgehead atoms. The normalized spacial score (nSPS) is 23.3. The average Bonchev–Trinajstić information content (AvgIpc) is 2.68. The fraction of sp³-hybridized carbons (Fsp3) is 0.500. The Morgan fingerprint density at radius 2 is 2.21 bits per heavy atom. The van der Waals surface area contributed by atoms with Gasteiger partial charge in [0.05, 0.1) is 19.3 Å². The first kappa shape index (κ1) is 13.8. The third-order valence-electron chi connectivity index (χ3n) is 3.49. The highest BCUT2D eigenvalue weighted by Crippen LogP contribution is 2.23. The smallest absolute Gasteiger partial charge is 0.238 e. The van der Waals surface area contributed by atoms with Gasteiger partial charge in [0.25, 0.3) is 0 Å². The molecule has 5 heteroatoms. The second kappa shape index (κ2) is 6.04. The van der Waals surface area contributed by atoms with Crippen molar-refractivity contribution < 1.29 is 9.53 Å². The second-order valence-corrected chi connectivity index (χ2v) is 5.08. The van der Waals surface area contributed by atoms with Crippen LogP contribution in [0.2, 0.25) is 0 Å². The van der Waals surface area contributed by atoms with Crippen molar-refractivity contribution in [2.75, 3.05) is 32.1 Å². The highest BCUT2D eigenvalue weighted by atomic mass is 16.5. The highest BCUT2D eigenvalue weighted by molar-refractivity contribution is 5.93. The third-order valence-corrected chi connectivity index (χ3v) is 3.49. The summed E-state index contributed by atoms with van der Waals surface area (Å²) in [6.45, 7) is 4.14. The number of hydrogen-bond donors (Lipinski definition) is 2. The summed E-state index contributed by atoms with van der Waals surface area (Å²) in [6.07, 6.45) is 0. The quantitative estimate of drug-likeness (QED) is 0.847. The molecule has 19 heavy (non-hydrogen) atoms. The van der Waals surface area contributed by atoms with Gasteiger partial charge in [0.15, 0.2) is 0 Å². The molecule has 0 spiro atoms. The monoisotopic (exact) mass is 263 g/mol. The number of nitrogens with one attached hydrogen (secondary N) is 1. The number of para-hydroxylation sites is 2. The minimum absolute atomic E-state index is 0.0363. The number of anilines is 1. The Morgan fingerprint density at radius 3 is 2.84 bits per heavy atom.